The van der Waals surface area contributed by atoms with Gasteiger partial charge in [0.2, 0.25) is 0 Å². The Morgan fingerprint density at radius 3 is 1.88 bits per heavy atom. The molecule has 0 bridgehead atoms. The summed E-state index contributed by atoms with van der Waals surface area (Å²) in [5, 5.41) is 0. The van der Waals surface area contributed by atoms with E-state index in [2.05, 4.69) is 9.47 Å². The smallest absolute Gasteiger partial charge is 0.426 e. The van der Waals surface area contributed by atoms with Crippen molar-refractivity contribution >= 4 is 6.09 Å². The Hall–Kier alpha value is -1.19. The minimum Gasteiger partial charge on any atom is -0.426 e. The summed E-state index contributed by atoms with van der Waals surface area (Å²) in [7, 11) is 2.03. The van der Waals surface area contributed by atoms with Gasteiger partial charge >= 0.3 is 18.4 Å². The molecule has 0 aromatic rings. The molecule has 0 N–H and O–H groups in total. The second-order valence-corrected chi connectivity index (χ2v) is 2.96. The van der Waals surface area contributed by atoms with Gasteiger partial charge < -0.3 is 9.47 Å². The van der Waals surface area contributed by atoms with Gasteiger partial charge in [0.15, 0.2) is 0 Å². The lowest BCUT2D eigenvalue weighted by atomic mass is 10.3. The third-order valence-electron chi connectivity index (χ3n) is 1.45. The first-order valence-electron chi connectivity index (χ1n) is 4.04. The standard InChI is InChI=1S/C7H9F6NO3/c1-14(3-16-2)5(15)17-4(6(8,9)10)7(11,12)13/h4H,3H2,1-2H3. The third-order valence-corrected chi connectivity index (χ3v) is 1.45. The molecule has 0 fully saturated rings. The molecule has 17 heavy (non-hydrogen) atoms. The molecule has 0 atom stereocenters. The first-order valence-corrected chi connectivity index (χ1v) is 4.04. The fourth-order valence-electron chi connectivity index (χ4n) is 0.756. The average molecular weight is 269 g/mol. The number of amides is 1. The molecule has 0 aliphatic rings. The lowest BCUT2D eigenvalue weighted by Gasteiger charge is -2.25. The van der Waals surface area contributed by atoms with E-state index < -0.39 is 31.3 Å². The van der Waals surface area contributed by atoms with Gasteiger partial charge in [-0.05, 0) is 0 Å². The quantitative estimate of drug-likeness (QED) is 0.582. The van der Waals surface area contributed by atoms with Crippen molar-refractivity contribution in [2.45, 2.75) is 18.5 Å². The number of ether oxygens (including phenoxy) is 2. The van der Waals surface area contributed by atoms with E-state index in [1.807, 2.05) is 0 Å². The van der Waals surface area contributed by atoms with Crippen molar-refractivity contribution in [2.24, 2.45) is 0 Å². The van der Waals surface area contributed by atoms with Gasteiger partial charge in [-0.15, -0.1) is 0 Å². The van der Waals surface area contributed by atoms with Crippen LogP contribution in [0.4, 0.5) is 31.1 Å². The summed E-state index contributed by atoms with van der Waals surface area (Å²) in [6.45, 7) is -0.499. The molecule has 0 aliphatic carbocycles. The van der Waals surface area contributed by atoms with Gasteiger partial charge in [0.1, 0.15) is 6.73 Å². The van der Waals surface area contributed by atoms with Crippen molar-refractivity contribution in [3.8, 4) is 0 Å². The normalized spacial score (nSPS) is 12.8. The summed E-state index contributed by atoms with van der Waals surface area (Å²) < 4.78 is 79.6. The van der Waals surface area contributed by atoms with E-state index in [0.717, 1.165) is 14.2 Å². The molecule has 0 aromatic heterocycles. The largest absolute Gasteiger partial charge is 0.434 e. The SMILES string of the molecule is COCN(C)C(=O)OC(C(F)(F)F)C(F)(F)F. The lowest BCUT2D eigenvalue weighted by molar-refractivity contribution is -0.308. The van der Waals surface area contributed by atoms with Gasteiger partial charge in [-0.1, -0.05) is 0 Å². The Morgan fingerprint density at radius 2 is 1.59 bits per heavy atom. The summed E-state index contributed by atoms with van der Waals surface area (Å²) in [6, 6.07) is 0. The molecule has 1 amide bonds. The Morgan fingerprint density at radius 1 is 1.18 bits per heavy atom. The highest BCUT2D eigenvalue weighted by Crippen LogP contribution is 2.35. The predicted molar refractivity (Wildman–Crippen MR) is 42.0 cm³/mol. The number of carbonyl (C=O) groups excluding carboxylic acids is 1. The van der Waals surface area contributed by atoms with Crippen LogP contribution in [0.15, 0.2) is 0 Å². The molecule has 102 valence electrons. The molecule has 0 rings (SSSR count). The minimum atomic E-state index is -5.72. The highest BCUT2D eigenvalue weighted by atomic mass is 19.4. The third kappa shape index (κ3) is 5.11. The van der Waals surface area contributed by atoms with E-state index >= 15 is 0 Å². The van der Waals surface area contributed by atoms with E-state index in [9.17, 15) is 31.1 Å². The molecule has 0 unspecified atom stereocenters. The summed E-state index contributed by atoms with van der Waals surface area (Å²) in [5.74, 6) is 0. The molecule has 0 radical (unpaired) electrons. The number of rotatable bonds is 3. The highest BCUT2D eigenvalue weighted by molar-refractivity contribution is 5.67. The zero-order valence-corrected chi connectivity index (χ0v) is 8.72. The van der Waals surface area contributed by atoms with Crippen LogP contribution >= 0.6 is 0 Å². The maximum atomic E-state index is 12.0. The van der Waals surface area contributed by atoms with Crippen LogP contribution in [-0.2, 0) is 9.47 Å². The van der Waals surface area contributed by atoms with Crippen LogP contribution in [0.1, 0.15) is 0 Å². The lowest BCUT2D eigenvalue weighted by Crippen LogP contribution is -2.47. The second kappa shape index (κ2) is 5.43. The minimum absolute atomic E-state index is 0.421. The molecule has 0 saturated heterocycles. The molecule has 0 aromatic carbocycles. The number of nitrogens with zero attached hydrogens (tertiary/aromatic N) is 1. The monoisotopic (exact) mass is 269 g/mol. The Bertz CT molecular complexity index is 249. The van der Waals surface area contributed by atoms with Crippen molar-refractivity contribution < 1.29 is 40.6 Å². The van der Waals surface area contributed by atoms with Crippen molar-refractivity contribution in [3.05, 3.63) is 0 Å². The number of halogens is 6. The summed E-state index contributed by atoms with van der Waals surface area (Å²) in [4.78, 5) is 11.3. The molecule has 0 heterocycles. The van der Waals surface area contributed by atoms with Gasteiger partial charge in [0, 0.05) is 14.2 Å². The fourth-order valence-corrected chi connectivity index (χ4v) is 0.756. The van der Waals surface area contributed by atoms with Crippen molar-refractivity contribution in [1.82, 2.24) is 4.90 Å². The number of carbonyl (C=O) groups is 1. The molecular weight excluding hydrogens is 260 g/mol. The van der Waals surface area contributed by atoms with Crippen LogP contribution in [0, 0.1) is 0 Å². The number of methoxy groups -OCH3 is 1. The molecule has 4 nitrogen and oxygen atoms in total. The maximum Gasteiger partial charge on any atom is 0.434 e. The van der Waals surface area contributed by atoms with E-state index in [4.69, 9.17) is 0 Å². The first-order chi connectivity index (χ1) is 7.50. The van der Waals surface area contributed by atoms with Gasteiger partial charge in [0.25, 0.3) is 6.10 Å². The van der Waals surface area contributed by atoms with Gasteiger partial charge in [0.05, 0.1) is 0 Å². The van der Waals surface area contributed by atoms with E-state index in [-0.39, 0.29) is 0 Å². The van der Waals surface area contributed by atoms with Crippen LogP contribution in [0.5, 0.6) is 0 Å². The predicted octanol–water partition coefficient (Wildman–Crippen LogP) is 2.15. The van der Waals surface area contributed by atoms with E-state index in [1.165, 1.54) is 0 Å². The van der Waals surface area contributed by atoms with Crippen molar-refractivity contribution in [2.75, 3.05) is 20.9 Å². The zero-order chi connectivity index (χ0) is 13.9. The Labute approximate surface area is 92.1 Å². The summed E-state index contributed by atoms with van der Waals surface area (Å²) in [6.07, 6.45) is -17.4. The highest BCUT2D eigenvalue weighted by Gasteiger charge is 2.60. The van der Waals surface area contributed by atoms with E-state index in [1.54, 1.807) is 0 Å². The molecule has 0 saturated carbocycles. The molecule has 0 spiro atoms. The molecule has 0 aliphatic heterocycles. The summed E-state index contributed by atoms with van der Waals surface area (Å²) >= 11 is 0. The fraction of sp³-hybridized carbons (Fsp3) is 0.857. The van der Waals surface area contributed by atoms with Crippen LogP contribution in [-0.4, -0.2) is 50.3 Å². The Kier molecular flexibility index (Phi) is 5.05. The molecular formula is C7H9F6NO3. The van der Waals surface area contributed by atoms with Gasteiger partial charge in [-0.3, -0.25) is 4.90 Å². The maximum absolute atomic E-state index is 12.0. The van der Waals surface area contributed by atoms with Crippen molar-refractivity contribution in [1.29, 1.82) is 0 Å². The first kappa shape index (κ1) is 15.8. The zero-order valence-electron chi connectivity index (χ0n) is 8.72. The Balaban J connectivity index is 4.73. The van der Waals surface area contributed by atoms with Gasteiger partial charge in [-0.2, -0.15) is 26.3 Å². The van der Waals surface area contributed by atoms with Gasteiger partial charge in [-0.25, -0.2) is 4.79 Å². The van der Waals surface area contributed by atoms with Crippen LogP contribution < -0.4 is 0 Å². The molecule has 10 heteroatoms. The van der Waals surface area contributed by atoms with Crippen molar-refractivity contribution in [3.63, 3.8) is 0 Å². The number of hydrogen-bond donors (Lipinski definition) is 0. The van der Waals surface area contributed by atoms with Crippen LogP contribution in [0.2, 0.25) is 0 Å². The number of hydrogen-bond acceptors (Lipinski definition) is 3. The second-order valence-electron chi connectivity index (χ2n) is 2.96. The topological polar surface area (TPSA) is 38.8 Å². The summed E-state index contributed by atoms with van der Waals surface area (Å²) in [5.41, 5.74) is 0. The van der Waals surface area contributed by atoms with Crippen LogP contribution in [0.25, 0.3) is 0 Å². The van der Waals surface area contributed by atoms with Crippen LogP contribution in [0.3, 0.4) is 0 Å². The average Bonchev–Trinajstić information content (AvgIpc) is 2.10. The number of alkyl halides is 6. The van der Waals surface area contributed by atoms with E-state index in [0.29, 0.717) is 4.90 Å².